The number of rotatable bonds is 46. The van der Waals surface area contributed by atoms with E-state index < -0.39 is 12.1 Å². The quantitative estimate of drug-likeness (QED) is 0.0199. The Labute approximate surface area is 405 Å². The van der Waals surface area contributed by atoms with Crippen LogP contribution in [0, 0.1) is 0 Å². The van der Waals surface area contributed by atoms with Gasteiger partial charge in [-0.05, 0) is 96.3 Å². The van der Waals surface area contributed by atoms with Crippen molar-refractivity contribution in [2.75, 3.05) is 13.2 Å². The standard InChI is InChI=1S/C60H96O6/c1-4-7-10-13-16-19-22-25-28-30-33-35-38-41-44-47-50-53-59(62)65-56-57(55-64-58(61)52-49-46-43-40-37-34-31-27-24-21-18-15-12-9-6-3)66-60(63)54-51-48-45-42-39-36-32-29-26-23-20-17-14-11-8-5-2/h8-9,11-12,15,17-18,20-21,24-29,31,36,39,45,48,57H,4-7,10,13-14,16,19,22-23,30,32-35,37-38,40-44,46-47,49-56H2,1-3H3/b11-8-,12-9-,18-15-,20-17-,24-21-,28-25-,29-26-,31-27-,39-36-,48-45-. The predicted molar refractivity (Wildman–Crippen MR) is 283 cm³/mol. The maximum Gasteiger partial charge on any atom is 0.306 e. The minimum Gasteiger partial charge on any atom is -0.462 e. The number of allylic oxidation sites excluding steroid dienone is 20. The second-order valence-corrected chi connectivity index (χ2v) is 17.1. The summed E-state index contributed by atoms with van der Waals surface area (Å²) in [7, 11) is 0. The van der Waals surface area contributed by atoms with E-state index in [1.807, 2.05) is 36.5 Å². The summed E-state index contributed by atoms with van der Waals surface area (Å²) >= 11 is 0. The Bertz CT molecular complexity index is 1420. The largest absolute Gasteiger partial charge is 0.462 e. The molecule has 0 aromatic carbocycles. The fourth-order valence-electron chi connectivity index (χ4n) is 6.85. The molecular weight excluding hydrogens is 817 g/mol. The first kappa shape index (κ1) is 61.8. The highest BCUT2D eigenvalue weighted by Gasteiger charge is 2.19. The lowest BCUT2D eigenvalue weighted by molar-refractivity contribution is -0.166. The van der Waals surface area contributed by atoms with E-state index in [2.05, 4.69) is 106 Å². The molecule has 1 unspecified atom stereocenters. The van der Waals surface area contributed by atoms with Gasteiger partial charge in [-0.1, -0.05) is 226 Å². The lowest BCUT2D eigenvalue weighted by atomic mass is 10.1. The third kappa shape index (κ3) is 50.8. The number of hydrogen-bond acceptors (Lipinski definition) is 6. The molecule has 0 aromatic rings. The van der Waals surface area contributed by atoms with Crippen molar-refractivity contribution in [3.63, 3.8) is 0 Å². The van der Waals surface area contributed by atoms with E-state index in [-0.39, 0.29) is 31.6 Å². The predicted octanol–water partition coefficient (Wildman–Crippen LogP) is 17.7. The summed E-state index contributed by atoms with van der Waals surface area (Å²) < 4.78 is 16.7. The molecule has 0 N–H and O–H groups in total. The zero-order valence-electron chi connectivity index (χ0n) is 42.4. The number of esters is 3. The van der Waals surface area contributed by atoms with Crippen molar-refractivity contribution < 1.29 is 28.6 Å². The molecule has 0 rings (SSSR count). The summed E-state index contributed by atoms with van der Waals surface area (Å²) in [6.07, 6.45) is 73.4. The second kappa shape index (κ2) is 53.4. The Morgan fingerprint density at radius 2 is 0.697 bits per heavy atom. The van der Waals surface area contributed by atoms with E-state index in [0.29, 0.717) is 19.3 Å². The van der Waals surface area contributed by atoms with E-state index in [0.717, 1.165) is 96.3 Å². The van der Waals surface area contributed by atoms with Crippen LogP contribution in [0.25, 0.3) is 0 Å². The van der Waals surface area contributed by atoms with Crippen LogP contribution in [0.2, 0.25) is 0 Å². The lowest BCUT2D eigenvalue weighted by Gasteiger charge is -2.18. The average Bonchev–Trinajstić information content (AvgIpc) is 3.31. The molecule has 0 saturated heterocycles. The van der Waals surface area contributed by atoms with Gasteiger partial charge < -0.3 is 14.2 Å². The fraction of sp³-hybridized carbons (Fsp3) is 0.617. The lowest BCUT2D eigenvalue weighted by Crippen LogP contribution is -2.30. The molecule has 6 heteroatoms. The summed E-state index contributed by atoms with van der Waals surface area (Å²) in [6.45, 7) is 6.28. The summed E-state index contributed by atoms with van der Waals surface area (Å²) in [5, 5.41) is 0. The van der Waals surface area contributed by atoms with E-state index in [1.165, 1.54) is 77.0 Å². The van der Waals surface area contributed by atoms with Crippen LogP contribution in [0.1, 0.15) is 220 Å². The van der Waals surface area contributed by atoms with Crippen molar-refractivity contribution >= 4 is 17.9 Å². The number of ether oxygens (including phenoxy) is 3. The van der Waals surface area contributed by atoms with E-state index in [1.54, 1.807) is 0 Å². The van der Waals surface area contributed by atoms with Gasteiger partial charge in [0.25, 0.3) is 0 Å². The molecule has 0 spiro atoms. The molecule has 0 saturated carbocycles. The van der Waals surface area contributed by atoms with Crippen LogP contribution in [0.15, 0.2) is 122 Å². The normalized spacial score (nSPS) is 13.1. The first-order valence-electron chi connectivity index (χ1n) is 26.6. The molecule has 0 aliphatic rings. The van der Waals surface area contributed by atoms with Gasteiger partial charge in [0.05, 0.1) is 0 Å². The van der Waals surface area contributed by atoms with Gasteiger partial charge in [-0.3, -0.25) is 14.4 Å². The molecule has 0 radical (unpaired) electrons. The first-order valence-corrected chi connectivity index (χ1v) is 26.6. The summed E-state index contributed by atoms with van der Waals surface area (Å²) in [5.41, 5.74) is 0. The molecular formula is C60H96O6. The first-order chi connectivity index (χ1) is 32.5. The van der Waals surface area contributed by atoms with Crippen LogP contribution in [-0.4, -0.2) is 37.2 Å². The van der Waals surface area contributed by atoms with Crippen molar-refractivity contribution in [3.8, 4) is 0 Å². The Morgan fingerprint density at radius 1 is 0.333 bits per heavy atom. The van der Waals surface area contributed by atoms with Crippen molar-refractivity contribution in [2.24, 2.45) is 0 Å². The molecule has 0 amide bonds. The molecule has 0 fully saturated rings. The molecule has 372 valence electrons. The highest BCUT2D eigenvalue weighted by molar-refractivity contribution is 5.71. The van der Waals surface area contributed by atoms with Crippen LogP contribution in [-0.2, 0) is 28.6 Å². The van der Waals surface area contributed by atoms with Crippen LogP contribution in [0.4, 0.5) is 0 Å². The maximum atomic E-state index is 12.8. The molecule has 0 aliphatic heterocycles. The number of carbonyl (C=O) groups excluding carboxylic acids is 3. The molecule has 0 heterocycles. The van der Waals surface area contributed by atoms with Gasteiger partial charge in [-0.25, -0.2) is 0 Å². The van der Waals surface area contributed by atoms with Gasteiger partial charge in [0.15, 0.2) is 6.10 Å². The minimum absolute atomic E-state index is 0.121. The van der Waals surface area contributed by atoms with E-state index >= 15 is 0 Å². The SMILES string of the molecule is CC\C=C/C=C\C=C/C=C\CCCCCCCC(=O)OCC(COC(=O)CCCCCCCCC/C=C\CCCCCCCC)OC(=O)CC/C=C\C/C=C\C/C=C\C/C=C\C/C=C\CC. The number of unbranched alkanes of at least 4 members (excludes halogenated alkanes) is 18. The van der Waals surface area contributed by atoms with Crippen molar-refractivity contribution in [1.82, 2.24) is 0 Å². The third-order valence-corrected chi connectivity index (χ3v) is 10.8. The van der Waals surface area contributed by atoms with Crippen LogP contribution in [0.3, 0.4) is 0 Å². The van der Waals surface area contributed by atoms with Crippen molar-refractivity contribution in [1.29, 1.82) is 0 Å². The second-order valence-electron chi connectivity index (χ2n) is 17.1. The molecule has 66 heavy (non-hydrogen) atoms. The topological polar surface area (TPSA) is 78.9 Å². The maximum absolute atomic E-state index is 12.8. The third-order valence-electron chi connectivity index (χ3n) is 10.8. The summed E-state index contributed by atoms with van der Waals surface area (Å²) in [4.78, 5) is 38.0. The van der Waals surface area contributed by atoms with Crippen LogP contribution < -0.4 is 0 Å². The van der Waals surface area contributed by atoms with Crippen molar-refractivity contribution in [3.05, 3.63) is 122 Å². The fourth-order valence-corrected chi connectivity index (χ4v) is 6.85. The molecule has 6 nitrogen and oxygen atoms in total. The van der Waals surface area contributed by atoms with Crippen molar-refractivity contribution in [2.45, 2.75) is 226 Å². The Hall–Kier alpha value is -4.19. The Balaban J connectivity index is 4.55. The monoisotopic (exact) mass is 913 g/mol. The highest BCUT2D eigenvalue weighted by Crippen LogP contribution is 2.13. The molecule has 0 aliphatic carbocycles. The summed E-state index contributed by atoms with van der Waals surface area (Å²) in [5.74, 6) is -1.04. The minimum atomic E-state index is -0.832. The smallest absolute Gasteiger partial charge is 0.306 e. The van der Waals surface area contributed by atoms with Gasteiger partial charge >= 0.3 is 17.9 Å². The zero-order valence-corrected chi connectivity index (χ0v) is 42.4. The van der Waals surface area contributed by atoms with E-state index in [4.69, 9.17) is 14.2 Å². The number of carbonyl (C=O) groups is 3. The zero-order chi connectivity index (χ0) is 47.9. The number of hydrogen-bond donors (Lipinski definition) is 0. The Kier molecular flexibility index (Phi) is 50.0. The van der Waals surface area contributed by atoms with Gasteiger partial charge in [0.1, 0.15) is 13.2 Å². The van der Waals surface area contributed by atoms with Crippen LogP contribution in [0.5, 0.6) is 0 Å². The highest BCUT2D eigenvalue weighted by atomic mass is 16.6. The molecule has 0 bridgehead atoms. The Morgan fingerprint density at radius 3 is 1.17 bits per heavy atom. The average molecular weight is 913 g/mol. The molecule has 1 atom stereocenters. The van der Waals surface area contributed by atoms with Gasteiger partial charge in [-0.2, -0.15) is 0 Å². The van der Waals surface area contributed by atoms with Crippen LogP contribution >= 0.6 is 0 Å². The molecule has 0 aromatic heterocycles. The van der Waals surface area contributed by atoms with Gasteiger partial charge in [-0.15, -0.1) is 0 Å². The van der Waals surface area contributed by atoms with Gasteiger partial charge in [0.2, 0.25) is 0 Å². The summed E-state index contributed by atoms with van der Waals surface area (Å²) in [6, 6.07) is 0. The van der Waals surface area contributed by atoms with E-state index in [9.17, 15) is 14.4 Å². The van der Waals surface area contributed by atoms with Gasteiger partial charge in [0, 0.05) is 19.3 Å².